The topological polar surface area (TPSA) is 92.9 Å². The van der Waals surface area contributed by atoms with E-state index >= 15 is 0 Å². The van der Waals surface area contributed by atoms with Gasteiger partial charge in [-0.25, -0.2) is 9.37 Å². The first-order valence-electron chi connectivity index (χ1n) is 9.29. The number of anilines is 2. The van der Waals surface area contributed by atoms with E-state index in [4.69, 9.17) is 5.73 Å². The molecule has 0 bridgehead atoms. The number of nitrogens with zero attached hydrogens (tertiary/aromatic N) is 2. The third kappa shape index (κ3) is 4.83. The smallest absolute Gasteiger partial charge is 0.360 e. The number of rotatable bonds is 6. The molecular formula is C20H17F4N5OS. The van der Waals surface area contributed by atoms with Crippen molar-refractivity contribution in [2.75, 3.05) is 17.2 Å². The van der Waals surface area contributed by atoms with Crippen LogP contribution in [0.15, 0.2) is 36.7 Å². The summed E-state index contributed by atoms with van der Waals surface area (Å²) < 4.78 is 52.2. The zero-order chi connectivity index (χ0) is 22.2. The van der Waals surface area contributed by atoms with Crippen LogP contribution in [-0.4, -0.2) is 28.5 Å². The molecule has 0 saturated carbocycles. The van der Waals surface area contributed by atoms with Gasteiger partial charge in [0.15, 0.2) is 5.13 Å². The molecule has 0 radical (unpaired) electrons. The minimum Gasteiger partial charge on any atom is -0.360 e. The van der Waals surface area contributed by atoms with Gasteiger partial charge in [-0.2, -0.15) is 13.2 Å². The monoisotopic (exact) mass is 451 g/mol. The molecule has 1 unspecified atom stereocenters. The van der Waals surface area contributed by atoms with Crippen molar-refractivity contribution in [1.82, 2.24) is 9.97 Å². The quantitative estimate of drug-likeness (QED) is 0.496. The SMILES string of the molecule is NC(CNc1ncc(-c2cc3c(cc2F)NC(=O)C3)s1)Cc1ccc(C(F)(F)F)nc1. The van der Waals surface area contributed by atoms with Crippen LogP contribution in [0.2, 0.25) is 0 Å². The second kappa shape index (κ2) is 8.23. The Kier molecular flexibility index (Phi) is 5.63. The van der Waals surface area contributed by atoms with Gasteiger partial charge in [-0.3, -0.25) is 9.78 Å². The fourth-order valence-corrected chi connectivity index (χ4v) is 4.06. The molecule has 2 aromatic heterocycles. The summed E-state index contributed by atoms with van der Waals surface area (Å²) in [7, 11) is 0. The van der Waals surface area contributed by atoms with Gasteiger partial charge in [0.2, 0.25) is 5.91 Å². The minimum absolute atomic E-state index is 0.171. The van der Waals surface area contributed by atoms with Crippen molar-refractivity contribution in [3.05, 3.63) is 59.3 Å². The normalized spacial score (nSPS) is 14.3. The van der Waals surface area contributed by atoms with Crippen LogP contribution in [-0.2, 0) is 23.8 Å². The Balaban J connectivity index is 1.36. The summed E-state index contributed by atoms with van der Waals surface area (Å²) in [6.07, 6.45) is -1.24. The van der Waals surface area contributed by atoms with Crippen molar-refractivity contribution < 1.29 is 22.4 Å². The van der Waals surface area contributed by atoms with Gasteiger partial charge >= 0.3 is 6.18 Å². The van der Waals surface area contributed by atoms with Gasteiger partial charge in [-0.1, -0.05) is 17.4 Å². The Bertz CT molecular complexity index is 1110. The van der Waals surface area contributed by atoms with E-state index < -0.39 is 17.7 Å². The van der Waals surface area contributed by atoms with Crippen LogP contribution >= 0.6 is 11.3 Å². The average Bonchev–Trinajstić information content (AvgIpc) is 3.30. The molecule has 3 heterocycles. The summed E-state index contributed by atoms with van der Waals surface area (Å²) in [6, 6.07) is 4.84. The highest BCUT2D eigenvalue weighted by atomic mass is 32.1. The van der Waals surface area contributed by atoms with E-state index in [0.717, 1.165) is 11.6 Å². The Labute approximate surface area is 178 Å². The molecule has 11 heteroatoms. The van der Waals surface area contributed by atoms with Gasteiger partial charge in [0, 0.05) is 36.2 Å². The molecule has 0 aliphatic carbocycles. The highest BCUT2D eigenvalue weighted by molar-refractivity contribution is 7.18. The molecule has 0 spiro atoms. The van der Waals surface area contributed by atoms with E-state index in [0.29, 0.717) is 39.8 Å². The number of halogens is 4. The van der Waals surface area contributed by atoms with Gasteiger partial charge in [0.05, 0.1) is 11.3 Å². The number of nitrogens with two attached hydrogens (primary N) is 1. The Morgan fingerprint density at radius 2 is 2.03 bits per heavy atom. The largest absolute Gasteiger partial charge is 0.433 e. The second-order valence-corrected chi connectivity index (χ2v) is 8.17. The summed E-state index contributed by atoms with van der Waals surface area (Å²) in [5, 5.41) is 6.20. The minimum atomic E-state index is -4.48. The first kappa shape index (κ1) is 21.2. The third-order valence-electron chi connectivity index (χ3n) is 4.72. The lowest BCUT2D eigenvalue weighted by Crippen LogP contribution is -2.31. The summed E-state index contributed by atoms with van der Waals surface area (Å²) in [4.78, 5) is 19.7. The number of nitrogens with one attached hydrogen (secondary N) is 2. The molecule has 1 atom stereocenters. The third-order valence-corrected chi connectivity index (χ3v) is 5.71. The lowest BCUT2D eigenvalue weighted by atomic mass is 10.1. The molecular weight excluding hydrogens is 434 g/mol. The fraction of sp³-hybridized carbons (Fsp3) is 0.250. The number of pyridine rings is 1. The summed E-state index contributed by atoms with van der Waals surface area (Å²) in [5.74, 6) is -0.627. The summed E-state index contributed by atoms with van der Waals surface area (Å²) in [5.41, 5.74) is 7.28. The van der Waals surface area contributed by atoms with Crippen LogP contribution in [0.1, 0.15) is 16.8 Å². The van der Waals surface area contributed by atoms with Crippen molar-refractivity contribution in [3.63, 3.8) is 0 Å². The number of aromatic nitrogens is 2. The predicted octanol–water partition coefficient (Wildman–Crippen LogP) is 3.84. The highest BCUT2D eigenvalue weighted by Gasteiger charge is 2.32. The average molecular weight is 451 g/mol. The number of hydrogen-bond donors (Lipinski definition) is 3. The molecule has 4 rings (SSSR count). The molecule has 31 heavy (non-hydrogen) atoms. The number of amides is 1. The molecule has 4 N–H and O–H groups in total. The van der Waals surface area contributed by atoms with E-state index in [2.05, 4.69) is 20.6 Å². The molecule has 3 aromatic rings. The first-order chi connectivity index (χ1) is 14.7. The van der Waals surface area contributed by atoms with Gasteiger partial charge in [0.1, 0.15) is 11.5 Å². The Morgan fingerprint density at radius 1 is 1.23 bits per heavy atom. The van der Waals surface area contributed by atoms with Crippen LogP contribution in [0.25, 0.3) is 10.4 Å². The Hall–Kier alpha value is -3.05. The van der Waals surface area contributed by atoms with Crippen LogP contribution in [0.3, 0.4) is 0 Å². The highest BCUT2D eigenvalue weighted by Crippen LogP contribution is 2.35. The Morgan fingerprint density at radius 3 is 2.74 bits per heavy atom. The number of benzene rings is 1. The fourth-order valence-electron chi connectivity index (χ4n) is 3.22. The van der Waals surface area contributed by atoms with Crippen molar-refractivity contribution in [2.45, 2.75) is 25.1 Å². The van der Waals surface area contributed by atoms with Crippen LogP contribution in [0.4, 0.5) is 28.4 Å². The molecule has 1 aliphatic rings. The zero-order valence-electron chi connectivity index (χ0n) is 16.0. The summed E-state index contributed by atoms with van der Waals surface area (Å²) >= 11 is 1.24. The molecule has 162 valence electrons. The van der Waals surface area contributed by atoms with E-state index in [1.165, 1.54) is 35.9 Å². The number of carbonyl (C=O) groups excluding carboxylic acids is 1. The molecule has 1 amide bonds. The van der Waals surface area contributed by atoms with E-state index in [1.807, 2.05) is 0 Å². The van der Waals surface area contributed by atoms with E-state index in [9.17, 15) is 22.4 Å². The molecule has 0 saturated heterocycles. The van der Waals surface area contributed by atoms with Crippen molar-refractivity contribution in [1.29, 1.82) is 0 Å². The van der Waals surface area contributed by atoms with Gasteiger partial charge < -0.3 is 16.4 Å². The van der Waals surface area contributed by atoms with Gasteiger partial charge in [-0.15, -0.1) is 0 Å². The number of thiazole rings is 1. The number of hydrogen-bond acceptors (Lipinski definition) is 6. The van der Waals surface area contributed by atoms with Crippen molar-refractivity contribution in [2.24, 2.45) is 5.73 Å². The lowest BCUT2D eigenvalue weighted by Gasteiger charge is -2.13. The van der Waals surface area contributed by atoms with Crippen molar-refractivity contribution >= 4 is 28.1 Å². The standard InChI is InChI=1S/C20H17F4N5OS/c21-14-6-15-11(5-18(30)29-15)4-13(14)16-9-28-19(31-16)27-8-12(25)3-10-1-2-17(26-7-10)20(22,23)24/h1-2,4,6-7,9,12H,3,5,8,25H2,(H,27,28)(H,29,30). The number of fused-ring (bicyclic) bond motifs is 1. The van der Waals surface area contributed by atoms with Crippen molar-refractivity contribution in [3.8, 4) is 10.4 Å². The zero-order valence-corrected chi connectivity index (χ0v) is 16.8. The number of alkyl halides is 3. The molecule has 0 fully saturated rings. The van der Waals surface area contributed by atoms with E-state index in [1.54, 1.807) is 6.07 Å². The van der Waals surface area contributed by atoms with Crippen LogP contribution in [0.5, 0.6) is 0 Å². The van der Waals surface area contributed by atoms with Crippen LogP contribution in [0, 0.1) is 5.82 Å². The van der Waals surface area contributed by atoms with Crippen LogP contribution < -0.4 is 16.4 Å². The number of carbonyl (C=O) groups is 1. The maximum atomic E-state index is 14.4. The maximum Gasteiger partial charge on any atom is 0.433 e. The van der Waals surface area contributed by atoms with Gasteiger partial charge in [-0.05, 0) is 35.7 Å². The second-order valence-electron chi connectivity index (χ2n) is 7.14. The molecule has 6 nitrogen and oxygen atoms in total. The molecule has 1 aromatic carbocycles. The molecule has 1 aliphatic heterocycles. The first-order valence-corrected chi connectivity index (χ1v) is 10.1. The predicted molar refractivity (Wildman–Crippen MR) is 109 cm³/mol. The van der Waals surface area contributed by atoms with Gasteiger partial charge in [0.25, 0.3) is 0 Å². The van der Waals surface area contributed by atoms with E-state index in [-0.39, 0.29) is 18.4 Å². The summed E-state index contributed by atoms with van der Waals surface area (Å²) in [6.45, 7) is 0.319. The lowest BCUT2D eigenvalue weighted by molar-refractivity contribution is -0.141. The maximum absolute atomic E-state index is 14.4.